The number of carbonyl (C=O) groups excluding carboxylic acids is 2. The molecule has 3 heterocycles. The molecular formula is C21H21Cl2FN4O4S. The van der Waals surface area contributed by atoms with E-state index >= 15 is 0 Å². The Hall–Kier alpha value is -2.43. The van der Waals surface area contributed by atoms with Crippen LogP contribution in [0, 0.1) is 5.82 Å². The summed E-state index contributed by atoms with van der Waals surface area (Å²) in [5.74, 6) is 0.189. The molecule has 4 rings (SSSR count). The summed E-state index contributed by atoms with van der Waals surface area (Å²) < 4.78 is 30.7. The lowest BCUT2D eigenvalue weighted by Gasteiger charge is -2.34. The number of amides is 2. The Balaban J connectivity index is 1.47. The van der Waals surface area contributed by atoms with Gasteiger partial charge in [-0.25, -0.2) is 14.2 Å². The highest BCUT2D eigenvalue weighted by Crippen LogP contribution is 2.33. The molecule has 0 radical (unpaired) electrons. The highest BCUT2D eigenvalue weighted by Gasteiger charge is 2.38. The number of cyclic esters (lactones) is 1. The third-order valence-electron chi connectivity index (χ3n) is 5.35. The molecule has 0 spiro atoms. The van der Waals surface area contributed by atoms with E-state index in [0.717, 1.165) is 0 Å². The van der Waals surface area contributed by atoms with Gasteiger partial charge in [0.1, 0.15) is 17.7 Å². The van der Waals surface area contributed by atoms with Crippen molar-refractivity contribution < 1.29 is 22.9 Å². The van der Waals surface area contributed by atoms with Crippen LogP contribution in [0.25, 0.3) is 11.1 Å². The maximum atomic E-state index is 14.9. The van der Waals surface area contributed by atoms with Crippen LogP contribution in [0.2, 0.25) is 0 Å². The number of hydrogen-bond acceptors (Lipinski definition) is 6. The lowest BCUT2D eigenvalue weighted by molar-refractivity contribution is -0.119. The zero-order chi connectivity index (χ0) is 23.8. The lowest BCUT2D eigenvalue weighted by atomic mass is 10.1. The van der Waals surface area contributed by atoms with Gasteiger partial charge in [-0.15, -0.1) is 0 Å². The van der Waals surface area contributed by atoms with E-state index in [4.69, 9.17) is 27.9 Å². The molecule has 2 fully saturated rings. The van der Waals surface area contributed by atoms with Gasteiger partial charge < -0.3 is 15.0 Å². The number of nitrogens with zero attached hydrogens (tertiary/aromatic N) is 3. The van der Waals surface area contributed by atoms with Crippen LogP contribution in [0.1, 0.15) is 6.92 Å². The zero-order valence-corrected chi connectivity index (χ0v) is 19.9. The van der Waals surface area contributed by atoms with E-state index in [1.54, 1.807) is 24.3 Å². The van der Waals surface area contributed by atoms with Crippen molar-refractivity contribution >= 4 is 57.5 Å². The summed E-state index contributed by atoms with van der Waals surface area (Å²) in [5.41, 5.74) is 1.24. The average molecular weight is 515 g/mol. The molecule has 1 aromatic heterocycles. The first kappa shape index (κ1) is 23.7. The monoisotopic (exact) mass is 514 g/mol. The molecule has 2 aromatic rings. The van der Waals surface area contributed by atoms with Crippen LogP contribution in [0.3, 0.4) is 0 Å². The Labute approximate surface area is 202 Å². The summed E-state index contributed by atoms with van der Waals surface area (Å²) >= 11 is 12.3. The fourth-order valence-electron chi connectivity index (χ4n) is 3.65. The van der Waals surface area contributed by atoms with Gasteiger partial charge in [-0.1, -0.05) is 23.2 Å². The third kappa shape index (κ3) is 5.23. The number of anilines is 2. The molecule has 0 bridgehead atoms. The molecule has 2 amide bonds. The van der Waals surface area contributed by atoms with Crippen molar-refractivity contribution in [2.24, 2.45) is 0 Å². The van der Waals surface area contributed by atoms with Crippen LogP contribution in [0.4, 0.5) is 20.7 Å². The van der Waals surface area contributed by atoms with Crippen LogP contribution in [-0.4, -0.2) is 62.9 Å². The van der Waals surface area contributed by atoms with E-state index in [0.29, 0.717) is 34.9 Å². The topological polar surface area (TPSA) is 91.8 Å². The second kappa shape index (κ2) is 9.44. The van der Waals surface area contributed by atoms with Gasteiger partial charge in [-0.3, -0.25) is 13.9 Å². The second-order valence-corrected chi connectivity index (χ2v) is 11.5. The van der Waals surface area contributed by atoms with Crippen LogP contribution in [0.5, 0.6) is 0 Å². The Kier molecular flexibility index (Phi) is 6.78. The normalized spacial score (nSPS) is 22.2. The largest absolute Gasteiger partial charge is 0.442 e. The second-order valence-electron chi connectivity index (χ2n) is 7.73. The van der Waals surface area contributed by atoms with Crippen molar-refractivity contribution in [2.75, 3.05) is 41.7 Å². The minimum absolute atomic E-state index is 0.174. The van der Waals surface area contributed by atoms with E-state index in [1.165, 1.54) is 24.1 Å². The highest BCUT2D eigenvalue weighted by molar-refractivity contribution is 7.89. The zero-order valence-electron chi connectivity index (χ0n) is 17.6. The third-order valence-corrected chi connectivity index (χ3v) is 7.97. The first-order valence-corrected chi connectivity index (χ1v) is 12.2. The molecular weight excluding hydrogens is 494 g/mol. The van der Waals surface area contributed by atoms with Crippen molar-refractivity contribution in [3.05, 3.63) is 42.3 Å². The van der Waals surface area contributed by atoms with Crippen LogP contribution >= 0.6 is 23.2 Å². The van der Waals surface area contributed by atoms with Crippen molar-refractivity contribution in [3.8, 4) is 11.1 Å². The molecule has 2 aliphatic heterocycles. The summed E-state index contributed by atoms with van der Waals surface area (Å²) in [4.78, 5) is 30.8. The van der Waals surface area contributed by atoms with Gasteiger partial charge in [0, 0.05) is 36.5 Å². The van der Waals surface area contributed by atoms with E-state index < -0.39 is 32.5 Å². The first-order chi connectivity index (χ1) is 15.6. The van der Waals surface area contributed by atoms with E-state index in [9.17, 15) is 18.2 Å². The smallest absolute Gasteiger partial charge is 0.414 e. The Morgan fingerprint density at radius 1 is 1.36 bits per heavy atom. The van der Waals surface area contributed by atoms with E-state index in [-0.39, 0.29) is 25.5 Å². The maximum absolute atomic E-state index is 14.9. The molecule has 1 unspecified atom stereocenters. The van der Waals surface area contributed by atoms with Crippen molar-refractivity contribution in [2.45, 2.75) is 16.7 Å². The quantitative estimate of drug-likeness (QED) is 0.616. The van der Waals surface area contributed by atoms with Gasteiger partial charge in [0.25, 0.3) is 0 Å². The fourth-order valence-corrected chi connectivity index (χ4v) is 5.38. The summed E-state index contributed by atoms with van der Waals surface area (Å²) in [6.07, 6.45) is 0.435. The Morgan fingerprint density at radius 2 is 2.15 bits per heavy atom. The van der Waals surface area contributed by atoms with Gasteiger partial charge in [-0.05, 0) is 30.3 Å². The van der Waals surface area contributed by atoms with Gasteiger partial charge in [-0.2, -0.15) is 0 Å². The molecule has 2 saturated heterocycles. The number of aromatic nitrogens is 1. The summed E-state index contributed by atoms with van der Waals surface area (Å²) in [5, 5.41) is 2.60. The minimum atomic E-state index is -1.36. The first-order valence-electron chi connectivity index (χ1n) is 10.1. The van der Waals surface area contributed by atoms with Gasteiger partial charge in [0.05, 0.1) is 36.1 Å². The van der Waals surface area contributed by atoms with Crippen molar-refractivity contribution in [1.82, 2.24) is 10.3 Å². The number of hydrogen-bond donors (Lipinski definition) is 1. The van der Waals surface area contributed by atoms with Crippen LogP contribution in [0.15, 0.2) is 36.5 Å². The van der Waals surface area contributed by atoms with E-state index in [2.05, 4.69) is 10.3 Å². The van der Waals surface area contributed by atoms with Crippen molar-refractivity contribution in [3.63, 3.8) is 0 Å². The highest BCUT2D eigenvalue weighted by atomic mass is 35.5. The number of benzene rings is 1. The summed E-state index contributed by atoms with van der Waals surface area (Å²) in [7, 11) is -1.34. The van der Waals surface area contributed by atoms with Gasteiger partial charge in [0.15, 0.2) is 0 Å². The molecule has 176 valence electrons. The number of ether oxygens (including phenoxy) is 1. The molecule has 0 aliphatic carbocycles. The molecule has 8 nitrogen and oxygen atoms in total. The van der Waals surface area contributed by atoms with Crippen LogP contribution < -0.4 is 15.1 Å². The summed E-state index contributed by atoms with van der Waals surface area (Å²) in [6, 6.07) is 7.92. The SMILES string of the molecule is CC(=O)NC[C@H]1CN(c2ccc(-c3ccc(N4CCS(=O)C(Cl)(Cl)C4)nc3)c(F)c2)C(=O)O1. The number of alkyl halides is 2. The number of carbonyl (C=O) groups is 2. The molecule has 12 heteroatoms. The molecule has 2 atom stereocenters. The Morgan fingerprint density at radius 3 is 2.79 bits per heavy atom. The molecule has 1 aromatic carbocycles. The predicted molar refractivity (Wildman–Crippen MR) is 126 cm³/mol. The molecule has 2 aliphatic rings. The lowest BCUT2D eigenvalue weighted by Crippen LogP contribution is -2.47. The number of halogens is 3. The molecule has 0 saturated carbocycles. The van der Waals surface area contributed by atoms with Gasteiger partial charge >= 0.3 is 6.09 Å². The maximum Gasteiger partial charge on any atom is 0.414 e. The number of pyridine rings is 1. The average Bonchev–Trinajstić information content (AvgIpc) is 3.15. The van der Waals surface area contributed by atoms with Crippen LogP contribution in [-0.2, 0) is 20.3 Å². The summed E-state index contributed by atoms with van der Waals surface area (Å²) in [6.45, 7) is 2.45. The minimum Gasteiger partial charge on any atom is -0.442 e. The molecule has 1 N–H and O–H groups in total. The molecule has 33 heavy (non-hydrogen) atoms. The fraction of sp³-hybridized carbons (Fsp3) is 0.381. The van der Waals surface area contributed by atoms with Gasteiger partial charge in [0.2, 0.25) is 9.57 Å². The number of nitrogens with one attached hydrogen (secondary N) is 1. The standard InChI is InChI=1S/C21H21Cl2FN4O4S/c1-13(29)25-10-16-11-28(20(30)32-16)15-3-4-17(18(24)8-15)14-2-5-19(26-9-14)27-6-7-33(31)21(22,23)12-27/h2-5,8-9,16H,6-7,10-12H2,1H3,(H,25,29)/t16-,33?/m0/s1. The van der Waals surface area contributed by atoms with E-state index in [1.807, 2.05) is 4.90 Å². The predicted octanol–water partition coefficient (Wildman–Crippen LogP) is 3.05. The Bertz CT molecular complexity index is 1100. The van der Waals surface area contributed by atoms with Crippen molar-refractivity contribution in [1.29, 1.82) is 0 Å². The number of rotatable bonds is 5.